The van der Waals surface area contributed by atoms with Crippen LogP contribution >= 0.6 is 11.6 Å². The minimum atomic E-state index is -0.797. The molecule has 1 aromatic carbocycles. The lowest BCUT2D eigenvalue weighted by molar-refractivity contribution is 0.357. The molecule has 1 aromatic heterocycles. The predicted molar refractivity (Wildman–Crippen MR) is 77.6 cm³/mol. The number of nitrogens with zero attached hydrogens (tertiary/aromatic N) is 1. The molecule has 0 aliphatic rings. The molecule has 0 atom stereocenters. The quantitative estimate of drug-likeness (QED) is 0.793. The highest BCUT2D eigenvalue weighted by molar-refractivity contribution is 6.29. The molecular formula is C15H12ClF2NO2. The molecule has 0 aliphatic carbocycles. The first kappa shape index (κ1) is 15.3. The van der Waals surface area contributed by atoms with Crippen LogP contribution in [-0.4, -0.2) is 19.2 Å². The number of rotatable bonds is 4. The zero-order valence-electron chi connectivity index (χ0n) is 11.4. The van der Waals surface area contributed by atoms with Crippen LogP contribution in [0.2, 0.25) is 5.15 Å². The topological polar surface area (TPSA) is 31.4 Å². The molecule has 0 amide bonds. The van der Waals surface area contributed by atoms with Crippen LogP contribution < -0.4 is 9.47 Å². The summed E-state index contributed by atoms with van der Waals surface area (Å²) in [4.78, 5) is 3.88. The van der Waals surface area contributed by atoms with E-state index in [1.807, 2.05) is 0 Å². The Bertz CT molecular complexity index is 644. The first-order chi connectivity index (χ1) is 10.1. The second kappa shape index (κ2) is 6.54. The summed E-state index contributed by atoms with van der Waals surface area (Å²) in [5.74, 6) is -1.78. The molecule has 0 unspecified atom stereocenters. The normalized spacial score (nSPS) is 10.9. The van der Waals surface area contributed by atoms with Crippen molar-refractivity contribution < 1.29 is 18.3 Å². The molecule has 110 valence electrons. The lowest BCUT2D eigenvalue weighted by Crippen LogP contribution is -1.98. The fourth-order valence-corrected chi connectivity index (χ4v) is 1.83. The Morgan fingerprint density at radius 2 is 1.67 bits per heavy atom. The summed E-state index contributed by atoms with van der Waals surface area (Å²) in [6.07, 6.45) is 4.30. The van der Waals surface area contributed by atoms with Crippen molar-refractivity contribution in [1.29, 1.82) is 0 Å². The number of pyridine rings is 1. The Balaban J connectivity index is 2.45. The maximum Gasteiger partial charge on any atom is 0.175 e. The third-order valence-corrected chi connectivity index (χ3v) is 3.02. The minimum absolute atomic E-state index is 0.0952. The van der Waals surface area contributed by atoms with Crippen LogP contribution in [0.15, 0.2) is 24.4 Å². The maximum atomic E-state index is 14.1. The lowest BCUT2D eigenvalue weighted by Gasteiger charge is -2.10. The molecule has 2 aromatic rings. The van der Waals surface area contributed by atoms with E-state index in [0.29, 0.717) is 10.7 Å². The largest absolute Gasteiger partial charge is 0.494 e. The predicted octanol–water partition coefficient (Wildman–Crippen LogP) is 4.20. The summed E-state index contributed by atoms with van der Waals surface area (Å²) in [5, 5.41) is 0.340. The molecule has 0 spiro atoms. The number of hydrogen-bond donors (Lipinski definition) is 0. The van der Waals surface area contributed by atoms with Gasteiger partial charge in [0.15, 0.2) is 23.1 Å². The highest BCUT2D eigenvalue weighted by atomic mass is 35.5. The van der Waals surface area contributed by atoms with Gasteiger partial charge in [0, 0.05) is 12.3 Å². The first-order valence-corrected chi connectivity index (χ1v) is 6.34. The molecule has 0 saturated carbocycles. The van der Waals surface area contributed by atoms with Gasteiger partial charge in [0.2, 0.25) is 0 Å². The van der Waals surface area contributed by atoms with Gasteiger partial charge in [-0.05, 0) is 17.7 Å². The number of halogens is 3. The first-order valence-electron chi connectivity index (χ1n) is 5.96. The Labute approximate surface area is 125 Å². The van der Waals surface area contributed by atoms with E-state index < -0.39 is 11.6 Å². The molecule has 6 heteroatoms. The Hall–Kier alpha value is -2.14. The fourth-order valence-electron chi connectivity index (χ4n) is 1.72. The molecule has 0 saturated heterocycles. The van der Waals surface area contributed by atoms with E-state index in [2.05, 4.69) is 4.98 Å². The van der Waals surface area contributed by atoms with Crippen LogP contribution in [0.1, 0.15) is 11.1 Å². The SMILES string of the molecule is COc1cc(OC)c(F)c(C=Cc2ccc(Cl)nc2)c1F. The summed E-state index contributed by atoms with van der Waals surface area (Å²) in [6.45, 7) is 0. The monoisotopic (exact) mass is 311 g/mol. The highest BCUT2D eigenvalue weighted by Crippen LogP contribution is 2.32. The minimum Gasteiger partial charge on any atom is -0.494 e. The van der Waals surface area contributed by atoms with E-state index in [1.54, 1.807) is 12.1 Å². The molecule has 0 aliphatic heterocycles. The van der Waals surface area contributed by atoms with Crippen LogP contribution in [-0.2, 0) is 0 Å². The standard InChI is InChI=1S/C15H12ClF2NO2/c1-20-11-7-12(21-2)15(18)10(14(11)17)5-3-9-4-6-13(16)19-8-9/h3-8H,1-2H3. The molecule has 3 nitrogen and oxygen atoms in total. The van der Waals surface area contributed by atoms with E-state index in [0.717, 1.165) is 6.07 Å². The summed E-state index contributed by atoms with van der Waals surface area (Å²) in [6, 6.07) is 4.42. The van der Waals surface area contributed by atoms with Crippen LogP contribution in [0.3, 0.4) is 0 Å². The van der Waals surface area contributed by atoms with Gasteiger partial charge in [-0.2, -0.15) is 0 Å². The smallest absolute Gasteiger partial charge is 0.175 e. The second-order valence-corrected chi connectivity index (χ2v) is 4.46. The third-order valence-electron chi connectivity index (χ3n) is 2.80. The van der Waals surface area contributed by atoms with Crippen LogP contribution in [0.5, 0.6) is 11.5 Å². The van der Waals surface area contributed by atoms with Crippen LogP contribution in [0, 0.1) is 11.6 Å². The average molecular weight is 312 g/mol. The second-order valence-electron chi connectivity index (χ2n) is 4.07. The Morgan fingerprint density at radius 1 is 1.05 bits per heavy atom. The van der Waals surface area contributed by atoms with Gasteiger partial charge < -0.3 is 9.47 Å². The highest BCUT2D eigenvalue weighted by Gasteiger charge is 2.17. The molecule has 1 heterocycles. The molecular weight excluding hydrogens is 300 g/mol. The van der Waals surface area contributed by atoms with Gasteiger partial charge in [-0.15, -0.1) is 0 Å². The van der Waals surface area contributed by atoms with E-state index >= 15 is 0 Å². The summed E-state index contributed by atoms with van der Waals surface area (Å²) >= 11 is 5.67. The summed E-state index contributed by atoms with van der Waals surface area (Å²) in [7, 11) is 2.60. The van der Waals surface area contributed by atoms with Crippen molar-refractivity contribution in [1.82, 2.24) is 4.98 Å². The third kappa shape index (κ3) is 3.31. The van der Waals surface area contributed by atoms with E-state index in [1.165, 1.54) is 32.6 Å². The average Bonchev–Trinajstić information content (AvgIpc) is 2.49. The lowest BCUT2D eigenvalue weighted by atomic mass is 10.1. The molecule has 0 bridgehead atoms. The van der Waals surface area contributed by atoms with Gasteiger partial charge in [-0.1, -0.05) is 23.7 Å². The van der Waals surface area contributed by atoms with Gasteiger partial charge in [-0.25, -0.2) is 13.8 Å². The number of ether oxygens (including phenoxy) is 2. The van der Waals surface area contributed by atoms with Crippen molar-refractivity contribution >= 4 is 23.8 Å². The van der Waals surface area contributed by atoms with Crippen molar-refractivity contribution in [3.63, 3.8) is 0 Å². The molecule has 21 heavy (non-hydrogen) atoms. The van der Waals surface area contributed by atoms with Crippen LogP contribution in [0.25, 0.3) is 12.2 Å². The van der Waals surface area contributed by atoms with Crippen LogP contribution in [0.4, 0.5) is 8.78 Å². The van der Waals surface area contributed by atoms with Crippen molar-refractivity contribution in [2.45, 2.75) is 0 Å². The van der Waals surface area contributed by atoms with E-state index in [9.17, 15) is 8.78 Å². The van der Waals surface area contributed by atoms with Gasteiger partial charge in [0.05, 0.1) is 19.8 Å². The van der Waals surface area contributed by atoms with Crippen molar-refractivity contribution in [2.75, 3.05) is 14.2 Å². The van der Waals surface area contributed by atoms with Gasteiger partial charge in [-0.3, -0.25) is 0 Å². The van der Waals surface area contributed by atoms with Gasteiger partial charge in [0.1, 0.15) is 5.15 Å². The zero-order chi connectivity index (χ0) is 15.4. The molecule has 0 N–H and O–H groups in total. The molecule has 2 rings (SSSR count). The van der Waals surface area contributed by atoms with Crippen molar-refractivity contribution in [3.8, 4) is 11.5 Å². The number of benzene rings is 1. The number of hydrogen-bond acceptors (Lipinski definition) is 3. The molecule has 0 radical (unpaired) electrons. The van der Waals surface area contributed by atoms with Gasteiger partial charge in [0.25, 0.3) is 0 Å². The van der Waals surface area contributed by atoms with Gasteiger partial charge >= 0.3 is 0 Å². The Morgan fingerprint density at radius 3 is 2.14 bits per heavy atom. The summed E-state index contributed by atoms with van der Waals surface area (Å²) < 4.78 is 37.9. The van der Waals surface area contributed by atoms with E-state index in [-0.39, 0.29) is 17.1 Å². The summed E-state index contributed by atoms with van der Waals surface area (Å²) in [5.41, 5.74) is 0.404. The van der Waals surface area contributed by atoms with Crippen molar-refractivity contribution in [3.05, 3.63) is 52.3 Å². The maximum absolute atomic E-state index is 14.1. The van der Waals surface area contributed by atoms with Crippen molar-refractivity contribution in [2.24, 2.45) is 0 Å². The zero-order valence-corrected chi connectivity index (χ0v) is 12.1. The Kier molecular flexibility index (Phi) is 4.75. The fraction of sp³-hybridized carbons (Fsp3) is 0.133. The van der Waals surface area contributed by atoms with E-state index in [4.69, 9.17) is 21.1 Å². The number of aromatic nitrogens is 1. The number of methoxy groups -OCH3 is 2. The molecule has 0 fully saturated rings.